The van der Waals surface area contributed by atoms with Crippen molar-refractivity contribution in [1.29, 1.82) is 0 Å². The summed E-state index contributed by atoms with van der Waals surface area (Å²) in [5.74, 6) is 2.09. The Morgan fingerprint density at radius 3 is 2.35 bits per heavy atom. The molecule has 3 heteroatoms. The summed E-state index contributed by atoms with van der Waals surface area (Å²) in [5.41, 5.74) is 0.831. The maximum absolute atomic E-state index is 12.3. The molecule has 0 atom stereocenters. The second-order valence-corrected chi connectivity index (χ2v) is 7.25. The largest absolute Gasteiger partial charge is 0.302 e. The number of benzene rings is 1. The van der Waals surface area contributed by atoms with Gasteiger partial charge in [0.25, 0.3) is 0 Å². The van der Waals surface area contributed by atoms with Crippen LogP contribution in [0.25, 0.3) is 0 Å². The van der Waals surface area contributed by atoms with Crippen LogP contribution in [0.1, 0.15) is 42.5 Å². The molecule has 108 valence electrons. The van der Waals surface area contributed by atoms with E-state index in [1.54, 1.807) is 0 Å². The lowest BCUT2D eigenvalue weighted by atomic mass is 10.1. The number of Topliss-reactive ketones (excluding diaryl/α,β-unsaturated/α-hetero) is 1. The van der Waals surface area contributed by atoms with Crippen LogP contribution in [0.15, 0.2) is 28.7 Å². The second-order valence-electron chi connectivity index (χ2n) is 6.33. The lowest BCUT2D eigenvalue weighted by molar-refractivity contribution is 0.0961. The van der Waals surface area contributed by atoms with Crippen molar-refractivity contribution < 1.29 is 4.79 Å². The average Bonchev–Trinajstić information content (AvgIpc) is 3.31. The molecule has 0 spiro atoms. The highest BCUT2D eigenvalue weighted by Crippen LogP contribution is 2.33. The van der Waals surface area contributed by atoms with E-state index in [-0.39, 0.29) is 5.78 Å². The predicted molar refractivity (Wildman–Crippen MR) is 85.0 cm³/mol. The van der Waals surface area contributed by atoms with E-state index in [0.29, 0.717) is 6.42 Å². The number of carbonyl (C=O) groups is 1. The van der Waals surface area contributed by atoms with Crippen molar-refractivity contribution in [3.05, 3.63) is 34.3 Å². The molecule has 1 aromatic carbocycles. The van der Waals surface area contributed by atoms with Gasteiger partial charge in [-0.15, -0.1) is 0 Å². The van der Waals surface area contributed by atoms with Crippen LogP contribution in [0, 0.1) is 11.8 Å². The molecule has 0 radical (unpaired) electrons. The summed E-state index contributed by atoms with van der Waals surface area (Å²) in [4.78, 5) is 14.8. The van der Waals surface area contributed by atoms with E-state index < -0.39 is 0 Å². The third-order valence-electron chi connectivity index (χ3n) is 4.23. The fourth-order valence-electron chi connectivity index (χ4n) is 2.65. The molecule has 2 saturated carbocycles. The first-order chi connectivity index (χ1) is 9.70. The van der Waals surface area contributed by atoms with Gasteiger partial charge in [-0.2, -0.15) is 0 Å². The Morgan fingerprint density at radius 2 is 1.80 bits per heavy atom. The molecule has 0 heterocycles. The molecule has 2 fully saturated rings. The zero-order valence-corrected chi connectivity index (χ0v) is 13.4. The third kappa shape index (κ3) is 4.42. The molecule has 0 unspecified atom stereocenters. The van der Waals surface area contributed by atoms with Crippen LogP contribution in [-0.4, -0.2) is 30.3 Å². The van der Waals surface area contributed by atoms with Gasteiger partial charge in [-0.05, 0) is 49.7 Å². The highest BCUT2D eigenvalue weighted by Gasteiger charge is 2.29. The molecule has 2 aliphatic carbocycles. The SMILES string of the molecule is O=C(CCN(CC1CC1)CC1CC1)c1cccc(Br)c1. The molecule has 20 heavy (non-hydrogen) atoms. The Kier molecular flexibility index (Phi) is 4.57. The van der Waals surface area contributed by atoms with Crippen LogP contribution in [-0.2, 0) is 0 Å². The van der Waals surface area contributed by atoms with Crippen LogP contribution >= 0.6 is 15.9 Å². The lowest BCUT2D eigenvalue weighted by Crippen LogP contribution is -2.30. The minimum absolute atomic E-state index is 0.267. The molecule has 0 bridgehead atoms. The molecule has 2 aliphatic rings. The van der Waals surface area contributed by atoms with E-state index >= 15 is 0 Å². The van der Waals surface area contributed by atoms with E-state index in [0.717, 1.165) is 28.4 Å². The van der Waals surface area contributed by atoms with Crippen LogP contribution in [0.2, 0.25) is 0 Å². The minimum atomic E-state index is 0.267. The molecular weight excluding hydrogens is 314 g/mol. The van der Waals surface area contributed by atoms with Crippen LogP contribution in [0.3, 0.4) is 0 Å². The van der Waals surface area contributed by atoms with Crippen molar-refractivity contribution >= 4 is 21.7 Å². The normalized spacial score (nSPS) is 18.5. The number of halogens is 1. The van der Waals surface area contributed by atoms with E-state index in [9.17, 15) is 4.79 Å². The Labute approximate surface area is 129 Å². The zero-order chi connectivity index (χ0) is 13.9. The van der Waals surface area contributed by atoms with Gasteiger partial charge in [0, 0.05) is 36.1 Å². The zero-order valence-electron chi connectivity index (χ0n) is 11.9. The van der Waals surface area contributed by atoms with Gasteiger partial charge < -0.3 is 4.90 Å². The highest BCUT2D eigenvalue weighted by atomic mass is 79.9. The monoisotopic (exact) mass is 335 g/mol. The van der Waals surface area contributed by atoms with Gasteiger partial charge in [-0.25, -0.2) is 0 Å². The first kappa shape index (κ1) is 14.3. The fourth-order valence-corrected chi connectivity index (χ4v) is 3.05. The minimum Gasteiger partial charge on any atom is -0.302 e. The summed E-state index contributed by atoms with van der Waals surface area (Å²) in [5, 5.41) is 0. The molecule has 0 aliphatic heterocycles. The van der Waals surface area contributed by atoms with Gasteiger partial charge >= 0.3 is 0 Å². The summed E-state index contributed by atoms with van der Waals surface area (Å²) in [6.45, 7) is 3.35. The number of rotatable bonds is 8. The van der Waals surface area contributed by atoms with Crippen LogP contribution < -0.4 is 0 Å². The first-order valence-corrected chi connectivity index (χ1v) is 8.51. The first-order valence-electron chi connectivity index (χ1n) is 7.72. The summed E-state index contributed by atoms with van der Waals surface area (Å²) >= 11 is 3.43. The van der Waals surface area contributed by atoms with E-state index in [4.69, 9.17) is 0 Å². The number of ketones is 1. The summed E-state index contributed by atoms with van der Waals surface area (Å²) in [6, 6.07) is 7.74. The smallest absolute Gasteiger partial charge is 0.164 e. The van der Waals surface area contributed by atoms with Gasteiger partial charge in [-0.3, -0.25) is 4.79 Å². The van der Waals surface area contributed by atoms with Crippen molar-refractivity contribution in [2.24, 2.45) is 11.8 Å². The molecular formula is C17H22BrNO. The Hall–Kier alpha value is -0.670. The molecule has 2 nitrogen and oxygen atoms in total. The second kappa shape index (κ2) is 6.40. The van der Waals surface area contributed by atoms with Crippen molar-refractivity contribution in [3.63, 3.8) is 0 Å². The lowest BCUT2D eigenvalue weighted by Gasteiger charge is -2.21. The van der Waals surface area contributed by atoms with Gasteiger partial charge in [0.2, 0.25) is 0 Å². The maximum atomic E-state index is 12.3. The van der Waals surface area contributed by atoms with Gasteiger partial charge in [0.15, 0.2) is 5.78 Å². The fraction of sp³-hybridized carbons (Fsp3) is 0.588. The van der Waals surface area contributed by atoms with E-state index in [2.05, 4.69) is 20.8 Å². The number of hydrogen-bond acceptors (Lipinski definition) is 2. The molecule has 3 rings (SSSR count). The van der Waals surface area contributed by atoms with E-state index in [1.807, 2.05) is 24.3 Å². The quantitative estimate of drug-likeness (QED) is 0.665. The average molecular weight is 336 g/mol. The van der Waals surface area contributed by atoms with Crippen LogP contribution in [0.5, 0.6) is 0 Å². The predicted octanol–water partition coefficient (Wildman–Crippen LogP) is 4.14. The topological polar surface area (TPSA) is 20.3 Å². The number of carbonyl (C=O) groups excluding carboxylic acids is 1. The molecule has 0 saturated heterocycles. The van der Waals surface area contributed by atoms with Gasteiger partial charge in [-0.1, -0.05) is 28.1 Å². The van der Waals surface area contributed by atoms with Crippen molar-refractivity contribution in [2.45, 2.75) is 32.1 Å². The van der Waals surface area contributed by atoms with E-state index in [1.165, 1.54) is 38.8 Å². The highest BCUT2D eigenvalue weighted by molar-refractivity contribution is 9.10. The van der Waals surface area contributed by atoms with Crippen molar-refractivity contribution in [2.75, 3.05) is 19.6 Å². The molecule has 0 aromatic heterocycles. The number of hydrogen-bond donors (Lipinski definition) is 0. The van der Waals surface area contributed by atoms with Crippen molar-refractivity contribution in [3.8, 4) is 0 Å². The summed E-state index contributed by atoms with van der Waals surface area (Å²) in [7, 11) is 0. The molecule has 0 N–H and O–H groups in total. The summed E-state index contributed by atoms with van der Waals surface area (Å²) < 4.78 is 0.983. The standard InChI is InChI=1S/C17H22BrNO/c18-16-3-1-2-15(10-16)17(20)8-9-19(11-13-4-5-13)12-14-6-7-14/h1-3,10,13-14H,4-9,11-12H2. The molecule has 1 aromatic rings. The molecule has 0 amide bonds. The maximum Gasteiger partial charge on any atom is 0.164 e. The number of nitrogens with zero attached hydrogens (tertiary/aromatic N) is 1. The van der Waals surface area contributed by atoms with Gasteiger partial charge in [0.05, 0.1) is 0 Å². The Bertz CT molecular complexity index is 466. The third-order valence-corrected chi connectivity index (χ3v) is 4.72. The van der Waals surface area contributed by atoms with Gasteiger partial charge in [0.1, 0.15) is 0 Å². The Morgan fingerprint density at radius 1 is 1.15 bits per heavy atom. The summed E-state index contributed by atoms with van der Waals surface area (Å²) in [6.07, 6.45) is 6.21. The van der Waals surface area contributed by atoms with Crippen LogP contribution in [0.4, 0.5) is 0 Å². The van der Waals surface area contributed by atoms with Crippen molar-refractivity contribution in [1.82, 2.24) is 4.90 Å². The Balaban J connectivity index is 1.51.